The number of hydrogen-bond donors (Lipinski definition) is 2. The quantitative estimate of drug-likeness (QED) is 0.780. The summed E-state index contributed by atoms with van der Waals surface area (Å²) in [7, 11) is 0. The van der Waals surface area contributed by atoms with E-state index >= 15 is 0 Å². The van der Waals surface area contributed by atoms with Crippen molar-refractivity contribution in [2.75, 3.05) is 24.5 Å². The number of rotatable bonds is 6. The van der Waals surface area contributed by atoms with Crippen molar-refractivity contribution in [3.8, 4) is 0 Å². The average molecular weight is 341 g/mol. The van der Waals surface area contributed by atoms with Gasteiger partial charge in [0.1, 0.15) is 0 Å². The van der Waals surface area contributed by atoms with Crippen LogP contribution in [0.1, 0.15) is 33.8 Å². The molecular weight excluding hydrogens is 322 g/mol. The number of benzene rings is 1. The summed E-state index contributed by atoms with van der Waals surface area (Å²) in [4.78, 5) is 37.2. The molecule has 7 heteroatoms. The number of furan rings is 1. The van der Waals surface area contributed by atoms with Gasteiger partial charge in [-0.2, -0.15) is 0 Å². The van der Waals surface area contributed by atoms with Gasteiger partial charge < -0.3 is 20.0 Å². The van der Waals surface area contributed by atoms with Crippen LogP contribution in [-0.4, -0.2) is 37.4 Å². The van der Waals surface area contributed by atoms with E-state index in [1.54, 1.807) is 41.3 Å². The fourth-order valence-electron chi connectivity index (χ4n) is 2.66. The molecule has 3 rings (SSSR count). The molecule has 7 nitrogen and oxygen atoms in total. The molecule has 0 bridgehead atoms. The first-order valence-corrected chi connectivity index (χ1v) is 8.15. The molecular formula is C18H19N3O4. The zero-order valence-electron chi connectivity index (χ0n) is 13.7. The van der Waals surface area contributed by atoms with Gasteiger partial charge in [0.15, 0.2) is 5.76 Å². The number of nitrogens with one attached hydrogen (secondary N) is 2. The summed E-state index contributed by atoms with van der Waals surface area (Å²) in [6, 6.07) is 10.1. The Kier molecular flexibility index (Phi) is 5.13. The Morgan fingerprint density at radius 2 is 1.76 bits per heavy atom. The fraction of sp³-hybridized carbons (Fsp3) is 0.278. The normalized spacial score (nSPS) is 13.8. The van der Waals surface area contributed by atoms with Crippen molar-refractivity contribution < 1.29 is 18.8 Å². The summed E-state index contributed by atoms with van der Waals surface area (Å²) in [5.74, 6) is -0.201. The molecule has 1 aromatic carbocycles. The first kappa shape index (κ1) is 16.8. The molecule has 0 spiro atoms. The van der Waals surface area contributed by atoms with Crippen LogP contribution in [0.5, 0.6) is 0 Å². The van der Waals surface area contributed by atoms with Crippen molar-refractivity contribution >= 4 is 23.4 Å². The number of amides is 3. The molecule has 0 aliphatic carbocycles. The molecule has 0 atom stereocenters. The van der Waals surface area contributed by atoms with Gasteiger partial charge in [0.25, 0.3) is 11.8 Å². The van der Waals surface area contributed by atoms with E-state index in [9.17, 15) is 14.4 Å². The van der Waals surface area contributed by atoms with Gasteiger partial charge in [-0.25, -0.2) is 0 Å². The third kappa shape index (κ3) is 4.06. The van der Waals surface area contributed by atoms with Gasteiger partial charge >= 0.3 is 0 Å². The lowest BCUT2D eigenvalue weighted by molar-refractivity contribution is -0.117. The summed E-state index contributed by atoms with van der Waals surface area (Å²) in [5, 5.41) is 5.38. The molecule has 2 N–H and O–H groups in total. The Morgan fingerprint density at radius 3 is 2.36 bits per heavy atom. The average Bonchev–Trinajstić information content (AvgIpc) is 3.30. The molecule has 130 valence electrons. The minimum absolute atomic E-state index is 0.115. The topological polar surface area (TPSA) is 91.7 Å². The molecule has 1 aliphatic rings. The Bertz CT molecular complexity index is 753. The van der Waals surface area contributed by atoms with Crippen molar-refractivity contribution in [3.05, 3.63) is 54.0 Å². The molecule has 1 saturated heterocycles. The fourth-order valence-corrected chi connectivity index (χ4v) is 2.66. The zero-order chi connectivity index (χ0) is 17.6. The van der Waals surface area contributed by atoms with Crippen LogP contribution in [0.2, 0.25) is 0 Å². The maximum atomic E-state index is 12.1. The lowest BCUT2D eigenvalue weighted by Gasteiger charge is -2.15. The van der Waals surface area contributed by atoms with E-state index < -0.39 is 0 Å². The lowest BCUT2D eigenvalue weighted by atomic mass is 10.2. The minimum Gasteiger partial charge on any atom is -0.459 e. The van der Waals surface area contributed by atoms with Crippen LogP contribution in [-0.2, 0) is 4.79 Å². The van der Waals surface area contributed by atoms with Crippen molar-refractivity contribution in [1.29, 1.82) is 0 Å². The Labute approximate surface area is 145 Å². The highest BCUT2D eigenvalue weighted by Crippen LogP contribution is 2.21. The maximum absolute atomic E-state index is 12.1. The van der Waals surface area contributed by atoms with Crippen LogP contribution in [0.4, 0.5) is 5.69 Å². The van der Waals surface area contributed by atoms with Crippen molar-refractivity contribution in [2.45, 2.75) is 12.8 Å². The summed E-state index contributed by atoms with van der Waals surface area (Å²) >= 11 is 0. The summed E-state index contributed by atoms with van der Waals surface area (Å²) in [5.41, 5.74) is 1.32. The largest absolute Gasteiger partial charge is 0.459 e. The highest BCUT2D eigenvalue weighted by atomic mass is 16.3. The number of nitrogens with zero attached hydrogens (tertiary/aromatic N) is 1. The predicted octanol–water partition coefficient (Wildman–Crippen LogP) is 1.57. The van der Waals surface area contributed by atoms with Crippen molar-refractivity contribution in [3.63, 3.8) is 0 Å². The lowest BCUT2D eigenvalue weighted by Crippen LogP contribution is -2.34. The number of carbonyl (C=O) groups is 3. The van der Waals surface area contributed by atoms with E-state index in [1.807, 2.05) is 0 Å². The third-order valence-electron chi connectivity index (χ3n) is 3.96. The van der Waals surface area contributed by atoms with Gasteiger partial charge in [0, 0.05) is 37.3 Å². The van der Waals surface area contributed by atoms with Gasteiger partial charge in [-0.1, -0.05) is 0 Å². The number of carbonyl (C=O) groups excluding carboxylic acids is 3. The molecule has 1 aromatic heterocycles. The Balaban J connectivity index is 1.45. The van der Waals surface area contributed by atoms with Crippen LogP contribution in [0, 0.1) is 0 Å². The van der Waals surface area contributed by atoms with Crippen LogP contribution in [0.25, 0.3) is 0 Å². The van der Waals surface area contributed by atoms with Crippen LogP contribution < -0.4 is 15.5 Å². The van der Waals surface area contributed by atoms with Crippen molar-refractivity contribution in [1.82, 2.24) is 10.6 Å². The van der Waals surface area contributed by atoms with Crippen LogP contribution >= 0.6 is 0 Å². The molecule has 2 heterocycles. The molecule has 0 radical (unpaired) electrons. The molecule has 25 heavy (non-hydrogen) atoms. The van der Waals surface area contributed by atoms with Gasteiger partial charge in [0.2, 0.25) is 5.91 Å². The second kappa shape index (κ2) is 7.65. The predicted molar refractivity (Wildman–Crippen MR) is 91.4 cm³/mol. The second-order valence-corrected chi connectivity index (χ2v) is 5.68. The van der Waals surface area contributed by atoms with Gasteiger partial charge in [-0.3, -0.25) is 14.4 Å². The van der Waals surface area contributed by atoms with Crippen LogP contribution in [0.15, 0.2) is 47.1 Å². The van der Waals surface area contributed by atoms with E-state index in [4.69, 9.17) is 4.42 Å². The molecule has 1 aliphatic heterocycles. The Hall–Kier alpha value is -3.09. The first-order chi connectivity index (χ1) is 12.1. The SMILES string of the molecule is O=C(NCCNC(=O)c1ccco1)c1ccc(N2CCCC2=O)cc1. The minimum atomic E-state index is -0.320. The smallest absolute Gasteiger partial charge is 0.287 e. The van der Waals surface area contributed by atoms with E-state index in [0.717, 1.165) is 18.7 Å². The van der Waals surface area contributed by atoms with Gasteiger partial charge in [0.05, 0.1) is 6.26 Å². The monoisotopic (exact) mass is 341 g/mol. The summed E-state index contributed by atoms with van der Waals surface area (Å²) < 4.78 is 4.98. The maximum Gasteiger partial charge on any atom is 0.287 e. The van der Waals surface area contributed by atoms with E-state index in [-0.39, 0.29) is 23.5 Å². The van der Waals surface area contributed by atoms with E-state index in [1.165, 1.54) is 6.26 Å². The first-order valence-electron chi connectivity index (χ1n) is 8.15. The zero-order valence-corrected chi connectivity index (χ0v) is 13.7. The second-order valence-electron chi connectivity index (χ2n) is 5.68. The van der Waals surface area contributed by atoms with E-state index in [2.05, 4.69) is 10.6 Å². The number of anilines is 1. The van der Waals surface area contributed by atoms with Gasteiger partial charge in [-0.15, -0.1) is 0 Å². The summed E-state index contributed by atoms with van der Waals surface area (Å²) in [6.07, 6.45) is 2.87. The molecule has 3 amide bonds. The van der Waals surface area contributed by atoms with E-state index in [0.29, 0.717) is 25.1 Å². The highest BCUT2D eigenvalue weighted by molar-refractivity contribution is 5.97. The molecule has 2 aromatic rings. The number of hydrogen-bond acceptors (Lipinski definition) is 4. The molecule has 1 fully saturated rings. The van der Waals surface area contributed by atoms with Crippen molar-refractivity contribution in [2.24, 2.45) is 0 Å². The van der Waals surface area contributed by atoms with Gasteiger partial charge in [-0.05, 0) is 42.8 Å². The molecule has 0 saturated carbocycles. The third-order valence-corrected chi connectivity index (χ3v) is 3.96. The molecule has 0 unspecified atom stereocenters. The highest BCUT2D eigenvalue weighted by Gasteiger charge is 2.21. The Morgan fingerprint density at radius 1 is 1.04 bits per heavy atom. The standard InChI is InChI=1S/C18H19N3O4/c22-16-4-1-11-21(16)14-7-5-13(6-8-14)17(23)19-9-10-20-18(24)15-3-2-12-25-15/h2-3,5-8,12H,1,4,9-11H2,(H,19,23)(H,20,24). The van der Waals surface area contributed by atoms with Crippen LogP contribution in [0.3, 0.4) is 0 Å². The summed E-state index contributed by atoms with van der Waals surface area (Å²) in [6.45, 7) is 1.32.